The van der Waals surface area contributed by atoms with Crippen LogP contribution in [-0.4, -0.2) is 11.9 Å². The van der Waals surface area contributed by atoms with Gasteiger partial charge in [-0.2, -0.15) is 0 Å². The Kier molecular flexibility index (Phi) is 3.92. The van der Waals surface area contributed by atoms with E-state index in [0.29, 0.717) is 11.6 Å². The minimum atomic E-state index is -0.478. The number of amides is 1. The molecule has 76 valence electrons. The number of nitrogens with one attached hydrogen (secondary N) is 1. The first kappa shape index (κ1) is 11.0. The molecule has 1 rings (SSSR count). The summed E-state index contributed by atoms with van der Waals surface area (Å²) in [6, 6.07) is 6.86. The van der Waals surface area contributed by atoms with Gasteiger partial charge in [0.25, 0.3) is 0 Å². The third-order valence-electron chi connectivity index (χ3n) is 1.77. The lowest BCUT2D eigenvalue weighted by Gasteiger charge is -2.07. The van der Waals surface area contributed by atoms with Gasteiger partial charge in [-0.05, 0) is 24.6 Å². The SMILES string of the molecule is C[C@@H](N)C(=O)NCc1cccc(Cl)c1. The van der Waals surface area contributed by atoms with Gasteiger partial charge in [0.15, 0.2) is 0 Å². The summed E-state index contributed by atoms with van der Waals surface area (Å²) >= 11 is 5.79. The maximum atomic E-state index is 11.1. The molecule has 0 heterocycles. The first-order valence-electron chi connectivity index (χ1n) is 4.37. The van der Waals surface area contributed by atoms with Crippen LogP contribution in [0.4, 0.5) is 0 Å². The van der Waals surface area contributed by atoms with Crippen molar-refractivity contribution in [2.45, 2.75) is 19.5 Å². The normalized spacial score (nSPS) is 12.2. The molecule has 1 amide bonds. The van der Waals surface area contributed by atoms with Crippen LogP contribution in [0.3, 0.4) is 0 Å². The summed E-state index contributed by atoms with van der Waals surface area (Å²) < 4.78 is 0. The molecule has 14 heavy (non-hydrogen) atoms. The Morgan fingerprint density at radius 2 is 2.36 bits per heavy atom. The van der Waals surface area contributed by atoms with Crippen molar-refractivity contribution in [1.29, 1.82) is 0 Å². The second kappa shape index (κ2) is 4.98. The van der Waals surface area contributed by atoms with Crippen molar-refractivity contribution in [1.82, 2.24) is 5.32 Å². The van der Waals surface area contributed by atoms with E-state index in [2.05, 4.69) is 5.32 Å². The number of carbonyl (C=O) groups excluding carboxylic acids is 1. The summed E-state index contributed by atoms with van der Waals surface area (Å²) in [7, 11) is 0. The van der Waals surface area contributed by atoms with Gasteiger partial charge in [0.1, 0.15) is 0 Å². The molecule has 0 spiro atoms. The van der Waals surface area contributed by atoms with Crippen LogP contribution in [0, 0.1) is 0 Å². The Morgan fingerprint density at radius 1 is 1.64 bits per heavy atom. The Balaban J connectivity index is 2.50. The molecule has 3 N–H and O–H groups in total. The van der Waals surface area contributed by atoms with Crippen LogP contribution in [-0.2, 0) is 11.3 Å². The van der Waals surface area contributed by atoms with E-state index >= 15 is 0 Å². The number of rotatable bonds is 3. The molecule has 3 nitrogen and oxygen atoms in total. The maximum absolute atomic E-state index is 11.1. The lowest BCUT2D eigenvalue weighted by atomic mass is 10.2. The third-order valence-corrected chi connectivity index (χ3v) is 2.00. The average molecular weight is 213 g/mol. The van der Waals surface area contributed by atoms with Crippen molar-refractivity contribution in [2.75, 3.05) is 0 Å². The van der Waals surface area contributed by atoms with Crippen LogP contribution in [0.25, 0.3) is 0 Å². The van der Waals surface area contributed by atoms with Crippen molar-refractivity contribution in [3.63, 3.8) is 0 Å². The van der Waals surface area contributed by atoms with Gasteiger partial charge in [-0.1, -0.05) is 23.7 Å². The summed E-state index contributed by atoms with van der Waals surface area (Å²) in [5.74, 6) is -0.162. The second-order valence-electron chi connectivity index (χ2n) is 3.14. The lowest BCUT2D eigenvalue weighted by molar-refractivity contribution is -0.122. The van der Waals surface area contributed by atoms with Gasteiger partial charge in [0.05, 0.1) is 6.04 Å². The molecule has 0 aliphatic carbocycles. The van der Waals surface area contributed by atoms with Gasteiger partial charge in [-0.3, -0.25) is 4.79 Å². The molecular weight excluding hydrogens is 200 g/mol. The van der Waals surface area contributed by atoms with E-state index in [-0.39, 0.29) is 5.91 Å². The minimum Gasteiger partial charge on any atom is -0.351 e. The van der Waals surface area contributed by atoms with Crippen molar-refractivity contribution < 1.29 is 4.79 Å². The minimum absolute atomic E-state index is 0.162. The van der Waals surface area contributed by atoms with Gasteiger partial charge in [0, 0.05) is 11.6 Å². The van der Waals surface area contributed by atoms with Crippen molar-refractivity contribution in [3.8, 4) is 0 Å². The van der Waals surface area contributed by atoms with Crippen LogP contribution in [0.15, 0.2) is 24.3 Å². The summed E-state index contributed by atoms with van der Waals surface area (Å²) in [6.07, 6.45) is 0. The van der Waals surface area contributed by atoms with E-state index in [1.54, 1.807) is 13.0 Å². The number of benzene rings is 1. The first-order valence-corrected chi connectivity index (χ1v) is 4.75. The molecule has 4 heteroatoms. The molecule has 0 bridgehead atoms. The van der Waals surface area contributed by atoms with Crippen molar-refractivity contribution in [2.24, 2.45) is 5.73 Å². The predicted molar refractivity (Wildman–Crippen MR) is 56.9 cm³/mol. The smallest absolute Gasteiger partial charge is 0.236 e. The number of hydrogen-bond donors (Lipinski definition) is 2. The Morgan fingerprint density at radius 3 is 2.93 bits per heavy atom. The highest BCUT2D eigenvalue weighted by Crippen LogP contribution is 2.10. The molecule has 0 aromatic heterocycles. The van der Waals surface area contributed by atoms with Gasteiger partial charge in [-0.25, -0.2) is 0 Å². The zero-order valence-electron chi connectivity index (χ0n) is 7.96. The van der Waals surface area contributed by atoms with Gasteiger partial charge < -0.3 is 11.1 Å². The van der Waals surface area contributed by atoms with Gasteiger partial charge in [-0.15, -0.1) is 0 Å². The average Bonchev–Trinajstić information content (AvgIpc) is 2.14. The fraction of sp³-hybridized carbons (Fsp3) is 0.300. The maximum Gasteiger partial charge on any atom is 0.236 e. The van der Waals surface area contributed by atoms with Crippen LogP contribution < -0.4 is 11.1 Å². The summed E-state index contributed by atoms with van der Waals surface area (Å²) in [6.45, 7) is 2.11. The topological polar surface area (TPSA) is 55.1 Å². The quantitative estimate of drug-likeness (QED) is 0.794. The predicted octanol–water partition coefficient (Wildman–Crippen LogP) is 1.30. The number of nitrogens with two attached hydrogens (primary N) is 1. The molecule has 0 unspecified atom stereocenters. The fourth-order valence-corrected chi connectivity index (χ4v) is 1.21. The molecular formula is C10H13ClN2O. The molecule has 0 fully saturated rings. The largest absolute Gasteiger partial charge is 0.351 e. The van der Waals surface area contributed by atoms with E-state index in [1.165, 1.54) is 0 Å². The monoisotopic (exact) mass is 212 g/mol. The zero-order valence-corrected chi connectivity index (χ0v) is 8.71. The van der Waals surface area contributed by atoms with Crippen LogP contribution in [0.5, 0.6) is 0 Å². The Hall–Kier alpha value is -1.06. The van der Waals surface area contributed by atoms with Crippen LogP contribution in [0.2, 0.25) is 5.02 Å². The van der Waals surface area contributed by atoms with E-state index < -0.39 is 6.04 Å². The van der Waals surface area contributed by atoms with Crippen molar-refractivity contribution in [3.05, 3.63) is 34.9 Å². The lowest BCUT2D eigenvalue weighted by Crippen LogP contribution is -2.37. The number of hydrogen-bond acceptors (Lipinski definition) is 2. The fourth-order valence-electron chi connectivity index (χ4n) is 0.997. The molecule has 0 saturated heterocycles. The molecule has 0 aliphatic heterocycles. The summed E-state index contributed by atoms with van der Waals surface area (Å²) in [5.41, 5.74) is 6.36. The van der Waals surface area contributed by atoms with Crippen LogP contribution in [0.1, 0.15) is 12.5 Å². The highest BCUT2D eigenvalue weighted by atomic mass is 35.5. The standard InChI is InChI=1S/C10H13ClN2O/c1-7(12)10(14)13-6-8-3-2-4-9(11)5-8/h2-5,7H,6,12H2,1H3,(H,13,14)/t7-/m1/s1. The molecule has 0 aliphatic rings. The van der Waals surface area contributed by atoms with E-state index in [1.807, 2.05) is 18.2 Å². The third kappa shape index (κ3) is 3.36. The number of carbonyl (C=O) groups is 1. The van der Waals surface area contributed by atoms with Crippen LogP contribution >= 0.6 is 11.6 Å². The zero-order chi connectivity index (χ0) is 10.6. The Labute approximate surface area is 88.2 Å². The first-order chi connectivity index (χ1) is 6.59. The van der Waals surface area contributed by atoms with Crippen molar-refractivity contribution >= 4 is 17.5 Å². The second-order valence-corrected chi connectivity index (χ2v) is 3.57. The highest BCUT2D eigenvalue weighted by molar-refractivity contribution is 6.30. The molecule has 1 aromatic rings. The number of halogens is 1. The summed E-state index contributed by atoms with van der Waals surface area (Å²) in [4.78, 5) is 11.1. The summed E-state index contributed by atoms with van der Waals surface area (Å²) in [5, 5.41) is 3.37. The molecule has 0 saturated carbocycles. The molecule has 0 radical (unpaired) electrons. The van der Waals surface area contributed by atoms with E-state index in [0.717, 1.165) is 5.56 Å². The molecule has 1 atom stereocenters. The highest BCUT2D eigenvalue weighted by Gasteiger charge is 2.05. The van der Waals surface area contributed by atoms with E-state index in [4.69, 9.17) is 17.3 Å². The molecule has 1 aromatic carbocycles. The van der Waals surface area contributed by atoms with Gasteiger partial charge in [0.2, 0.25) is 5.91 Å². The van der Waals surface area contributed by atoms with E-state index in [9.17, 15) is 4.79 Å². The van der Waals surface area contributed by atoms with Gasteiger partial charge >= 0.3 is 0 Å². The Bertz CT molecular complexity index is 326.